The molecule has 0 spiro atoms. The number of aliphatic imine (C=N–C) groups is 1. The molecule has 2 saturated heterocycles. The molecule has 298 valence electrons. The van der Waals surface area contributed by atoms with Crippen molar-refractivity contribution in [3.05, 3.63) is 72.3 Å². The van der Waals surface area contributed by atoms with Gasteiger partial charge >= 0.3 is 12.2 Å². The van der Waals surface area contributed by atoms with E-state index in [4.69, 9.17) is 14.5 Å². The molecule has 4 atom stereocenters. The normalized spacial score (nSPS) is 19.1. The molecule has 1 unspecified atom stereocenters. The van der Waals surface area contributed by atoms with Crippen molar-refractivity contribution in [1.82, 2.24) is 30.4 Å². The van der Waals surface area contributed by atoms with Crippen LogP contribution in [0.4, 0.5) is 9.59 Å². The first-order valence-electron chi connectivity index (χ1n) is 20.0. The number of likely N-dealkylation sites (tertiary alicyclic amines) is 2. The molecule has 0 aliphatic carbocycles. The number of benzene rings is 2. The minimum Gasteiger partial charge on any atom is -0.450 e. The van der Waals surface area contributed by atoms with Gasteiger partial charge in [-0.2, -0.15) is 0 Å². The molecule has 0 bridgehead atoms. The number of alkyl carbamates (subject to hydrolysis) is 2. The van der Waals surface area contributed by atoms with Crippen molar-refractivity contribution in [2.24, 2.45) is 16.8 Å². The average Bonchev–Trinajstić information content (AvgIpc) is 4.02. The van der Waals surface area contributed by atoms with E-state index in [-0.39, 0.29) is 48.9 Å². The quantitative estimate of drug-likeness (QED) is 0.167. The maximum atomic E-state index is 13.6. The number of aromatic nitrogens is 2. The minimum atomic E-state index is -0.682. The van der Waals surface area contributed by atoms with Gasteiger partial charge in [0.15, 0.2) is 0 Å². The Morgan fingerprint density at radius 3 is 1.73 bits per heavy atom. The fourth-order valence-electron chi connectivity index (χ4n) is 7.87. The highest BCUT2D eigenvalue weighted by Crippen LogP contribution is 2.34. The number of hydrogen-bond acceptors (Lipinski definition) is 8. The maximum Gasteiger partial charge on any atom is 0.407 e. The Kier molecular flexibility index (Phi) is 12.9. The zero-order chi connectivity index (χ0) is 39.9. The zero-order valence-corrected chi connectivity index (χ0v) is 33.3. The first-order valence-corrected chi connectivity index (χ1v) is 20.0. The van der Waals surface area contributed by atoms with Crippen molar-refractivity contribution in [3.63, 3.8) is 0 Å². The van der Waals surface area contributed by atoms with Crippen molar-refractivity contribution in [2.75, 3.05) is 26.3 Å². The van der Waals surface area contributed by atoms with E-state index < -0.39 is 24.3 Å². The number of aromatic amines is 1. The number of ether oxygens (including phenoxy) is 2. The van der Waals surface area contributed by atoms with Gasteiger partial charge in [-0.05, 0) is 79.2 Å². The lowest BCUT2D eigenvalue weighted by atomic mass is 9.95. The van der Waals surface area contributed by atoms with Crippen molar-refractivity contribution in [2.45, 2.75) is 97.8 Å². The number of carbonyl (C=O) groups is 4. The number of amides is 4. The Bertz CT molecular complexity index is 1930. The lowest BCUT2D eigenvalue weighted by molar-refractivity contribution is -0.135. The van der Waals surface area contributed by atoms with Crippen molar-refractivity contribution >= 4 is 35.3 Å². The van der Waals surface area contributed by atoms with Gasteiger partial charge in [-0.15, -0.1) is 0 Å². The molecule has 56 heavy (non-hydrogen) atoms. The lowest BCUT2D eigenvalue weighted by Gasteiger charge is -2.31. The summed E-state index contributed by atoms with van der Waals surface area (Å²) in [6.07, 6.45) is 6.61. The van der Waals surface area contributed by atoms with Crippen LogP contribution >= 0.6 is 0 Å². The van der Waals surface area contributed by atoms with Crippen molar-refractivity contribution in [1.29, 1.82) is 0 Å². The number of carbonyl (C=O) groups excluding carboxylic acids is 4. The van der Waals surface area contributed by atoms with E-state index in [1.54, 1.807) is 13.8 Å². The van der Waals surface area contributed by atoms with E-state index in [1.807, 2.05) is 49.9 Å². The third-order valence-electron chi connectivity index (χ3n) is 10.9. The highest BCUT2D eigenvalue weighted by Gasteiger charge is 2.39. The third-order valence-corrected chi connectivity index (χ3v) is 10.9. The topological polar surface area (TPSA) is 158 Å². The molecule has 2 aromatic carbocycles. The molecule has 2 fully saturated rings. The Balaban J connectivity index is 1.06. The Morgan fingerprint density at radius 2 is 1.21 bits per heavy atom. The number of nitrogens with zero attached hydrogens (tertiary/aromatic N) is 4. The van der Waals surface area contributed by atoms with E-state index in [0.717, 1.165) is 70.7 Å². The van der Waals surface area contributed by atoms with Gasteiger partial charge < -0.3 is 34.9 Å². The summed E-state index contributed by atoms with van der Waals surface area (Å²) in [7, 11) is 0. The predicted octanol–water partition coefficient (Wildman–Crippen LogP) is 7.13. The van der Waals surface area contributed by atoms with E-state index in [0.29, 0.717) is 19.5 Å². The number of H-pyrrole nitrogens is 1. The van der Waals surface area contributed by atoms with Crippen LogP contribution in [-0.4, -0.2) is 93.9 Å². The monoisotopic (exact) mass is 765 g/mol. The number of allylic oxidation sites excluding steroid dienone is 1. The highest BCUT2D eigenvalue weighted by atomic mass is 16.6. The van der Waals surface area contributed by atoms with Crippen LogP contribution in [0.2, 0.25) is 0 Å². The van der Waals surface area contributed by atoms with Crippen LogP contribution in [0.5, 0.6) is 0 Å². The van der Waals surface area contributed by atoms with Gasteiger partial charge in [0.1, 0.15) is 17.9 Å². The van der Waals surface area contributed by atoms with Crippen molar-refractivity contribution in [3.8, 4) is 22.4 Å². The molecule has 3 aliphatic rings. The Labute approximate surface area is 329 Å². The fourth-order valence-corrected chi connectivity index (χ4v) is 7.87. The third kappa shape index (κ3) is 8.98. The van der Waals surface area contributed by atoms with Crippen molar-refractivity contribution < 1.29 is 28.7 Å². The average molecular weight is 766 g/mol. The SMILES string of the molecule is CCOC(=O)N[C@H](C(=O)N1CCCC1c1ncc(-c2ccc(-c3ccc(C4=CN=C([C@@H]5CCCN5C(=O)[C@@H](NC(=O)OCC)C(C)C)C4)cc3)cc2)[nH]1)C(C)C. The maximum absolute atomic E-state index is 13.6. The lowest BCUT2D eigenvalue weighted by Crippen LogP contribution is -2.53. The molecule has 3 aliphatic heterocycles. The van der Waals surface area contributed by atoms with Crippen LogP contribution in [0.25, 0.3) is 28.0 Å². The predicted molar refractivity (Wildman–Crippen MR) is 215 cm³/mol. The highest BCUT2D eigenvalue weighted by molar-refractivity contribution is 6.04. The van der Waals surface area contributed by atoms with E-state index in [2.05, 4.69) is 69.1 Å². The van der Waals surface area contributed by atoms with Crippen LogP contribution in [0.15, 0.2) is 65.9 Å². The van der Waals surface area contributed by atoms with E-state index in [9.17, 15) is 19.2 Å². The summed E-state index contributed by atoms with van der Waals surface area (Å²) in [6, 6.07) is 15.1. The van der Waals surface area contributed by atoms with Gasteiger partial charge in [0, 0.05) is 31.4 Å². The summed E-state index contributed by atoms with van der Waals surface area (Å²) in [5.74, 6) is 0.324. The second-order valence-corrected chi connectivity index (χ2v) is 15.3. The first kappa shape index (κ1) is 40.2. The molecule has 4 heterocycles. The molecule has 0 saturated carbocycles. The van der Waals surface area contributed by atoms with Gasteiger partial charge in [0.25, 0.3) is 0 Å². The zero-order valence-electron chi connectivity index (χ0n) is 33.3. The summed E-state index contributed by atoms with van der Waals surface area (Å²) in [6.45, 7) is 12.9. The molecule has 13 heteroatoms. The molecule has 1 aromatic heterocycles. The molecule has 3 N–H and O–H groups in total. The van der Waals surface area contributed by atoms with E-state index >= 15 is 0 Å². The summed E-state index contributed by atoms with van der Waals surface area (Å²) < 4.78 is 10.1. The molecule has 0 radical (unpaired) electrons. The first-order chi connectivity index (χ1) is 27.0. The van der Waals surface area contributed by atoms with Crippen LogP contribution in [-0.2, 0) is 19.1 Å². The molecule has 13 nitrogen and oxygen atoms in total. The second-order valence-electron chi connectivity index (χ2n) is 15.3. The van der Waals surface area contributed by atoms with Crippen LogP contribution in [0.3, 0.4) is 0 Å². The fraction of sp³-hybridized carbons (Fsp3) is 0.488. The molecule has 4 amide bonds. The standard InChI is InChI=1S/C43H55N7O6/c1-7-55-42(53)47-37(26(3)4)40(51)49-21-9-11-35(49)33-23-32(24-44-33)30-15-13-28(14-16-30)29-17-19-31(20-18-29)34-25-45-39(46-34)36-12-10-22-50(36)41(52)38(27(5)6)48-43(54)56-8-2/h13-20,24-27,35-38H,7-12,21-23H2,1-6H3,(H,45,46)(H,47,53)(H,48,54)/t35-,36?,37-,38-/m0/s1. The van der Waals surface area contributed by atoms with E-state index in [1.165, 1.54) is 0 Å². The summed E-state index contributed by atoms with van der Waals surface area (Å²) in [5.41, 5.74) is 7.19. The molecule has 6 rings (SSSR count). The minimum absolute atomic E-state index is 0.0836. The van der Waals surface area contributed by atoms with Gasteiger partial charge in [-0.25, -0.2) is 14.6 Å². The number of imidazole rings is 1. The molecule has 3 aromatic rings. The molecular weight excluding hydrogens is 711 g/mol. The second kappa shape index (κ2) is 18.0. The Morgan fingerprint density at radius 1 is 0.732 bits per heavy atom. The summed E-state index contributed by atoms with van der Waals surface area (Å²) in [4.78, 5) is 68.2. The number of rotatable bonds is 13. The molecular formula is C43H55N7O6. The Hall–Kier alpha value is -5.46. The van der Waals surface area contributed by atoms with Crippen LogP contribution in [0.1, 0.15) is 91.1 Å². The summed E-state index contributed by atoms with van der Waals surface area (Å²) in [5, 5.41) is 5.51. The number of nitrogens with one attached hydrogen (secondary N) is 3. The number of hydrogen-bond donors (Lipinski definition) is 3. The van der Waals surface area contributed by atoms with Gasteiger partial charge in [-0.1, -0.05) is 76.2 Å². The summed E-state index contributed by atoms with van der Waals surface area (Å²) >= 11 is 0. The van der Waals surface area contributed by atoms with Gasteiger partial charge in [0.2, 0.25) is 11.8 Å². The largest absolute Gasteiger partial charge is 0.450 e. The van der Waals surface area contributed by atoms with Crippen LogP contribution < -0.4 is 10.6 Å². The van der Waals surface area contributed by atoms with Gasteiger partial charge in [0.05, 0.1) is 37.2 Å². The van der Waals surface area contributed by atoms with Gasteiger partial charge in [-0.3, -0.25) is 14.6 Å². The smallest absolute Gasteiger partial charge is 0.407 e. The van der Waals surface area contributed by atoms with Crippen LogP contribution in [0, 0.1) is 11.8 Å².